The van der Waals surface area contributed by atoms with E-state index >= 15 is 0 Å². The van der Waals surface area contributed by atoms with Crippen molar-refractivity contribution in [1.82, 2.24) is 9.78 Å². The van der Waals surface area contributed by atoms with E-state index in [1.807, 2.05) is 79.2 Å². The van der Waals surface area contributed by atoms with Gasteiger partial charge in [0.05, 0.1) is 40.4 Å². The van der Waals surface area contributed by atoms with Crippen LogP contribution >= 0.6 is 34.3 Å². The molecule has 0 saturated carbocycles. The van der Waals surface area contributed by atoms with Gasteiger partial charge in [-0.2, -0.15) is 9.78 Å². The number of benzene rings is 2. The molecule has 0 spiro atoms. The molecule has 3 aromatic heterocycles. The van der Waals surface area contributed by atoms with Crippen molar-refractivity contribution in [2.24, 2.45) is 0 Å². The van der Waals surface area contributed by atoms with Crippen molar-refractivity contribution in [3.8, 4) is 11.5 Å². The second kappa shape index (κ2) is 12.7. The highest BCUT2D eigenvalue weighted by molar-refractivity contribution is 7.12. The number of nitrogens with one attached hydrogen (secondary N) is 1. The van der Waals surface area contributed by atoms with Crippen molar-refractivity contribution in [1.29, 1.82) is 0 Å². The third kappa shape index (κ3) is 5.93. The van der Waals surface area contributed by atoms with Gasteiger partial charge in [-0.05, 0) is 78.6 Å². The summed E-state index contributed by atoms with van der Waals surface area (Å²) in [6.45, 7) is 4.23. The van der Waals surface area contributed by atoms with Crippen molar-refractivity contribution in [3.63, 3.8) is 0 Å². The first-order valence-corrected chi connectivity index (χ1v) is 15.2. The number of hydrogen-bond acceptors (Lipinski definition) is 7. The standard InChI is InChI=1S/C31H28ClN3O4S2/c1-19-13-17-40-28(19)30(36)33-26-21(10-12-25(27(26)38-3)39-16-6-15-32)9-11-23-22-7-4-5-8-24(22)35(34-23)31(37)29-20(2)14-18-41-29/h4-5,7-14,17-18H,6,15-16H2,1-3H3,(H,33,36)/b11-9+. The Morgan fingerprint density at radius 2 is 1.73 bits per heavy atom. The Labute approximate surface area is 251 Å². The lowest BCUT2D eigenvalue weighted by atomic mass is 10.1. The summed E-state index contributed by atoms with van der Waals surface area (Å²) in [5.74, 6) is 0.963. The van der Waals surface area contributed by atoms with E-state index < -0.39 is 0 Å². The number of nitrogens with zero attached hydrogens (tertiary/aromatic N) is 2. The molecule has 0 aliphatic carbocycles. The number of aromatic nitrogens is 2. The zero-order chi connectivity index (χ0) is 28.9. The average Bonchev–Trinajstić information content (AvgIpc) is 3.70. The molecule has 3 heterocycles. The smallest absolute Gasteiger partial charge is 0.289 e. The van der Waals surface area contributed by atoms with Gasteiger partial charge >= 0.3 is 0 Å². The highest BCUT2D eigenvalue weighted by Crippen LogP contribution is 2.40. The molecule has 0 unspecified atom stereocenters. The number of methoxy groups -OCH3 is 1. The van der Waals surface area contributed by atoms with Gasteiger partial charge in [0.2, 0.25) is 0 Å². The molecule has 0 fully saturated rings. The van der Waals surface area contributed by atoms with Gasteiger partial charge in [0.15, 0.2) is 11.5 Å². The zero-order valence-corrected chi connectivity index (χ0v) is 25.2. The first kappa shape index (κ1) is 28.6. The van der Waals surface area contributed by atoms with Crippen LogP contribution < -0.4 is 14.8 Å². The van der Waals surface area contributed by atoms with Crippen LogP contribution in [0.5, 0.6) is 11.5 Å². The SMILES string of the molecule is COc1c(OCCCCl)ccc(/C=C/c2nn(C(=O)c3sccc3C)c3ccccc23)c1NC(=O)c1sccc1C. The highest BCUT2D eigenvalue weighted by atomic mass is 35.5. The van der Waals surface area contributed by atoms with Crippen LogP contribution in [0, 0.1) is 13.8 Å². The van der Waals surface area contributed by atoms with E-state index in [0.29, 0.717) is 62.6 Å². The van der Waals surface area contributed by atoms with Crippen LogP contribution in [0.25, 0.3) is 23.1 Å². The van der Waals surface area contributed by atoms with Crippen molar-refractivity contribution < 1.29 is 19.1 Å². The maximum absolute atomic E-state index is 13.4. The summed E-state index contributed by atoms with van der Waals surface area (Å²) >= 11 is 8.61. The number of anilines is 1. The molecule has 10 heteroatoms. The predicted octanol–water partition coefficient (Wildman–Crippen LogP) is 7.90. The Hall–Kier alpha value is -3.92. The number of carbonyl (C=O) groups excluding carboxylic acids is 2. The maximum atomic E-state index is 13.4. The topological polar surface area (TPSA) is 82.4 Å². The minimum Gasteiger partial charge on any atom is -0.491 e. The van der Waals surface area contributed by atoms with Crippen LogP contribution in [0.3, 0.4) is 0 Å². The second-order valence-electron chi connectivity index (χ2n) is 9.22. The fraction of sp³-hybridized carbons (Fsp3) is 0.194. The molecule has 0 radical (unpaired) electrons. The van der Waals surface area contributed by atoms with Gasteiger partial charge in [-0.3, -0.25) is 9.59 Å². The van der Waals surface area contributed by atoms with E-state index in [0.717, 1.165) is 16.5 Å². The number of carbonyl (C=O) groups is 2. The van der Waals surface area contributed by atoms with Crippen LogP contribution in [-0.4, -0.2) is 41.2 Å². The third-order valence-corrected chi connectivity index (χ3v) is 8.77. The summed E-state index contributed by atoms with van der Waals surface area (Å²) < 4.78 is 13.1. The van der Waals surface area contributed by atoms with E-state index in [1.165, 1.54) is 34.5 Å². The molecule has 2 aromatic carbocycles. The van der Waals surface area contributed by atoms with Crippen LogP contribution in [0.1, 0.15) is 48.1 Å². The van der Waals surface area contributed by atoms with Crippen molar-refractivity contribution in [2.75, 3.05) is 24.9 Å². The first-order chi connectivity index (χ1) is 19.9. The Morgan fingerprint density at radius 1 is 1.00 bits per heavy atom. The van der Waals surface area contributed by atoms with Crippen LogP contribution in [-0.2, 0) is 0 Å². The molecule has 1 amide bonds. The number of thiophene rings is 2. The number of ether oxygens (including phenoxy) is 2. The minimum absolute atomic E-state index is 0.173. The first-order valence-electron chi connectivity index (χ1n) is 12.9. The molecule has 210 valence electrons. The Balaban J connectivity index is 1.56. The van der Waals surface area contributed by atoms with Crippen LogP contribution in [0.2, 0.25) is 0 Å². The average molecular weight is 606 g/mol. The van der Waals surface area contributed by atoms with E-state index in [1.54, 1.807) is 6.07 Å². The number of aryl methyl sites for hydroxylation is 2. The number of rotatable bonds is 10. The monoisotopic (exact) mass is 605 g/mol. The van der Waals surface area contributed by atoms with Gasteiger partial charge in [0, 0.05) is 16.8 Å². The summed E-state index contributed by atoms with van der Waals surface area (Å²) in [5.41, 5.74) is 4.30. The number of fused-ring (bicyclic) bond motifs is 1. The lowest BCUT2D eigenvalue weighted by molar-refractivity contribution is 0.0953. The number of hydrogen-bond donors (Lipinski definition) is 1. The second-order valence-corrected chi connectivity index (χ2v) is 11.4. The molecule has 0 bridgehead atoms. The predicted molar refractivity (Wildman–Crippen MR) is 168 cm³/mol. The number of halogens is 1. The molecule has 7 nitrogen and oxygen atoms in total. The molecule has 0 aliphatic rings. The molecule has 5 rings (SSSR count). The summed E-state index contributed by atoms with van der Waals surface area (Å²) in [5, 5.41) is 12.3. The Bertz CT molecular complexity index is 1750. The fourth-order valence-electron chi connectivity index (χ4n) is 4.40. The van der Waals surface area contributed by atoms with Crippen molar-refractivity contribution in [2.45, 2.75) is 20.3 Å². The van der Waals surface area contributed by atoms with Gasteiger partial charge in [0.1, 0.15) is 0 Å². The number of amides is 1. The lowest BCUT2D eigenvalue weighted by Crippen LogP contribution is -2.14. The van der Waals surface area contributed by atoms with Gasteiger partial charge < -0.3 is 14.8 Å². The minimum atomic E-state index is -0.241. The molecule has 5 aromatic rings. The van der Waals surface area contributed by atoms with Crippen molar-refractivity contribution >= 4 is 74.8 Å². The van der Waals surface area contributed by atoms with E-state index in [2.05, 4.69) is 10.4 Å². The highest BCUT2D eigenvalue weighted by Gasteiger charge is 2.21. The molecular formula is C31H28ClN3O4S2. The molecule has 0 saturated heterocycles. The van der Waals surface area contributed by atoms with Gasteiger partial charge in [-0.1, -0.05) is 24.3 Å². The summed E-state index contributed by atoms with van der Waals surface area (Å²) in [6, 6.07) is 15.1. The molecule has 0 atom stereocenters. The van der Waals surface area contributed by atoms with Gasteiger partial charge in [0.25, 0.3) is 11.8 Å². The summed E-state index contributed by atoms with van der Waals surface area (Å²) in [4.78, 5) is 27.9. The van der Waals surface area contributed by atoms with Gasteiger partial charge in [-0.25, -0.2) is 0 Å². The molecular weight excluding hydrogens is 578 g/mol. The Morgan fingerprint density at radius 3 is 2.41 bits per heavy atom. The quantitative estimate of drug-likeness (QED) is 0.129. The maximum Gasteiger partial charge on any atom is 0.289 e. The zero-order valence-electron chi connectivity index (χ0n) is 22.8. The van der Waals surface area contributed by atoms with E-state index in [-0.39, 0.29) is 11.8 Å². The van der Waals surface area contributed by atoms with Gasteiger partial charge in [-0.15, -0.1) is 34.3 Å². The summed E-state index contributed by atoms with van der Waals surface area (Å²) in [7, 11) is 1.54. The Kier molecular flexibility index (Phi) is 8.87. The largest absolute Gasteiger partial charge is 0.491 e. The van der Waals surface area contributed by atoms with Crippen LogP contribution in [0.15, 0.2) is 59.3 Å². The summed E-state index contributed by atoms with van der Waals surface area (Å²) in [6.07, 6.45) is 4.35. The number of para-hydroxylation sites is 1. The third-order valence-electron chi connectivity index (χ3n) is 6.49. The molecule has 1 N–H and O–H groups in total. The van der Waals surface area contributed by atoms with E-state index in [4.69, 9.17) is 21.1 Å². The normalized spacial score (nSPS) is 11.3. The van der Waals surface area contributed by atoms with Crippen molar-refractivity contribution in [3.05, 3.63) is 91.4 Å². The van der Waals surface area contributed by atoms with Crippen LogP contribution in [0.4, 0.5) is 5.69 Å². The number of alkyl halides is 1. The molecule has 41 heavy (non-hydrogen) atoms. The fourth-order valence-corrected chi connectivity index (χ4v) is 6.18. The molecule has 0 aliphatic heterocycles. The lowest BCUT2D eigenvalue weighted by Gasteiger charge is -2.17. The van der Waals surface area contributed by atoms with E-state index in [9.17, 15) is 9.59 Å².